The minimum absolute atomic E-state index is 0.290. The molecule has 4 heteroatoms. The lowest BCUT2D eigenvalue weighted by molar-refractivity contribution is 0.288. The van der Waals surface area contributed by atoms with Gasteiger partial charge in [-0.05, 0) is 30.3 Å². The van der Waals surface area contributed by atoms with Gasteiger partial charge in [0.1, 0.15) is 5.82 Å². The molecule has 0 aromatic heterocycles. The molecule has 0 unspecified atom stereocenters. The first-order valence-corrected chi connectivity index (χ1v) is 5.41. The Morgan fingerprint density at radius 2 is 2.13 bits per heavy atom. The van der Waals surface area contributed by atoms with Gasteiger partial charge in [0, 0.05) is 24.7 Å². The van der Waals surface area contributed by atoms with Crippen molar-refractivity contribution < 1.29 is 4.39 Å². The van der Waals surface area contributed by atoms with Crippen LogP contribution in [0, 0.1) is 5.82 Å². The normalized spacial score (nSPS) is 11.0. The zero-order chi connectivity index (χ0) is 11.3. The van der Waals surface area contributed by atoms with E-state index < -0.39 is 0 Å². The second-order valence-electron chi connectivity index (χ2n) is 3.44. The SMILES string of the molecule is CCN(CCN)Cc1cc(F)cc(Cl)c1. The number of hydrogen-bond donors (Lipinski definition) is 1. The second-order valence-corrected chi connectivity index (χ2v) is 3.87. The molecule has 2 nitrogen and oxygen atoms in total. The lowest BCUT2D eigenvalue weighted by Crippen LogP contribution is -2.28. The summed E-state index contributed by atoms with van der Waals surface area (Å²) in [5.74, 6) is -0.290. The molecule has 0 saturated carbocycles. The molecule has 0 atom stereocenters. The van der Waals surface area contributed by atoms with Crippen LogP contribution in [0.15, 0.2) is 18.2 Å². The zero-order valence-electron chi connectivity index (χ0n) is 8.84. The molecule has 0 saturated heterocycles. The number of benzene rings is 1. The zero-order valence-corrected chi connectivity index (χ0v) is 9.60. The van der Waals surface area contributed by atoms with E-state index in [0.29, 0.717) is 18.1 Å². The minimum atomic E-state index is -0.290. The minimum Gasteiger partial charge on any atom is -0.329 e. The summed E-state index contributed by atoms with van der Waals surface area (Å²) in [6, 6.07) is 4.60. The number of nitrogens with two attached hydrogens (primary N) is 1. The molecule has 0 aliphatic carbocycles. The number of likely N-dealkylation sites (N-methyl/N-ethyl adjacent to an activating group) is 1. The molecule has 0 amide bonds. The Morgan fingerprint density at radius 3 is 2.67 bits per heavy atom. The van der Waals surface area contributed by atoms with Crippen molar-refractivity contribution in [2.75, 3.05) is 19.6 Å². The average Bonchev–Trinajstić information content (AvgIpc) is 2.15. The van der Waals surface area contributed by atoms with Gasteiger partial charge in [-0.2, -0.15) is 0 Å². The molecule has 0 aliphatic rings. The third-order valence-electron chi connectivity index (χ3n) is 2.22. The van der Waals surface area contributed by atoms with E-state index >= 15 is 0 Å². The van der Waals surface area contributed by atoms with Gasteiger partial charge < -0.3 is 5.73 Å². The molecule has 84 valence electrons. The first kappa shape index (κ1) is 12.4. The predicted molar refractivity (Wildman–Crippen MR) is 61.4 cm³/mol. The first-order chi connectivity index (χ1) is 7.15. The third kappa shape index (κ3) is 4.16. The number of hydrogen-bond acceptors (Lipinski definition) is 2. The predicted octanol–water partition coefficient (Wildman–Crippen LogP) is 2.26. The number of nitrogens with zero attached hydrogens (tertiary/aromatic N) is 1. The van der Waals surface area contributed by atoms with Crippen molar-refractivity contribution >= 4 is 11.6 Å². The second kappa shape index (κ2) is 6.05. The summed E-state index contributed by atoms with van der Waals surface area (Å²) >= 11 is 5.77. The Morgan fingerprint density at radius 1 is 1.40 bits per heavy atom. The largest absolute Gasteiger partial charge is 0.329 e. The van der Waals surface area contributed by atoms with Gasteiger partial charge >= 0.3 is 0 Å². The number of rotatable bonds is 5. The molecular formula is C11H16ClFN2. The van der Waals surface area contributed by atoms with E-state index in [4.69, 9.17) is 17.3 Å². The molecule has 0 spiro atoms. The molecule has 0 radical (unpaired) electrons. The van der Waals surface area contributed by atoms with Crippen LogP contribution in [0.3, 0.4) is 0 Å². The van der Waals surface area contributed by atoms with E-state index in [2.05, 4.69) is 11.8 Å². The topological polar surface area (TPSA) is 29.3 Å². The highest BCUT2D eigenvalue weighted by Gasteiger charge is 2.04. The van der Waals surface area contributed by atoms with Gasteiger partial charge in [-0.1, -0.05) is 18.5 Å². The average molecular weight is 231 g/mol. The van der Waals surface area contributed by atoms with Gasteiger partial charge in [-0.25, -0.2) is 4.39 Å². The molecule has 1 aromatic rings. The van der Waals surface area contributed by atoms with Crippen LogP contribution >= 0.6 is 11.6 Å². The van der Waals surface area contributed by atoms with Crippen LogP contribution in [-0.4, -0.2) is 24.5 Å². The highest BCUT2D eigenvalue weighted by atomic mass is 35.5. The van der Waals surface area contributed by atoms with Crippen molar-refractivity contribution in [3.05, 3.63) is 34.6 Å². The van der Waals surface area contributed by atoms with Crippen molar-refractivity contribution in [3.8, 4) is 0 Å². The Labute approximate surface area is 94.8 Å². The van der Waals surface area contributed by atoms with Gasteiger partial charge in [0.15, 0.2) is 0 Å². The van der Waals surface area contributed by atoms with Gasteiger partial charge in [0.25, 0.3) is 0 Å². The third-order valence-corrected chi connectivity index (χ3v) is 2.44. The van der Waals surface area contributed by atoms with Crippen LogP contribution in [0.25, 0.3) is 0 Å². The van der Waals surface area contributed by atoms with Crippen LogP contribution in [-0.2, 0) is 6.54 Å². The lowest BCUT2D eigenvalue weighted by Gasteiger charge is -2.19. The molecule has 0 aliphatic heterocycles. The van der Waals surface area contributed by atoms with Gasteiger partial charge in [0.2, 0.25) is 0 Å². The molecule has 1 aromatic carbocycles. The summed E-state index contributed by atoms with van der Waals surface area (Å²) in [6.45, 7) is 5.05. The van der Waals surface area contributed by atoms with Crippen molar-refractivity contribution in [3.63, 3.8) is 0 Å². The van der Waals surface area contributed by atoms with Crippen LogP contribution in [0.4, 0.5) is 4.39 Å². The summed E-state index contributed by atoms with van der Waals surface area (Å²) in [6.07, 6.45) is 0. The van der Waals surface area contributed by atoms with Crippen molar-refractivity contribution in [2.45, 2.75) is 13.5 Å². The molecule has 2 N–H and O–H groups in total. The standard InChI is InChI=1S/C11H16ClFN2/c1-2-15(4-3-14)8-9-5-10(12)7-11(13)6-9/h5-7H,2-4,8,14H2,1H3. The highest BCUT2D eigenvalue weighted by molar-refractivity contribution is 6.30. The van der Waals surface area contributed by atoms with E-state index in [1.807, 2.05) is 0 Å². The number of halogens is 2. The molecule has 0 fully saturated rings. The van der Waals surface area contributed by atoms with Gasteiger partial charge in [-0.15, -0.1) is 0 Å². The molecule has 0 heterocycles. The molecule has 1 rings (SSSR count). The fourth-order valence-electron chi connectivity index (χ4n) is 1.49. The van der Waals surface area contributed by atoms with Gasteiger partial charge in [-0.3, -0.25) is 4.90 Å². The summed E-state index contributed by atoms with van der Waals surface area (Å²) in [7, 11) is 0. The Kier molecular flexibility index (Phi) is 5.02. The van der Waals surface area contributed by atoms with E-state index in [1.54, 1.807) is 6.07 Å². The monoisotopic (exact) mass is 230 g/mol. The molecular weight excluding hydrogens is 215 g/mol. The van der Waals surface area contributed by atoms with Crippen molar-refractivity contribution in [1.29, 1.82) is 0 Å². The Bertz CT molecular complexity index is 297. The maximum absolute atomic E-state index is 13.0. The Hall–Kier alpha value is -0.640. The van der Waals surface area contributed by atoms with Crippen LogP contribution in [0.2, 0.25) is 5.02 Å². The summed E-state index contributed by atoms with van der Waals surface area (Å²) < 4.78 is 13.0. The van der Waals surface area contributed by atoms with Crippen molar-refractivity contribution in [2.24, 2.45) is 5.73 Å². The quantitative estimate of drug-likeness (QED) is 0.841. The smallest absolute Gasteiger partial charge is 0.125 e. The Balaban J connectivity index is 2.69. The van der Waals surface area contributed by atoms with Crippen molar-refractivity contribution in [1.82, 2.24) is 4.90 Å². The first-order valence-electron chi connectivity index (χ1n) is 5.03. The maximum Gasteiger partial charge on any atom is 0.125 e. The lowest BCUT2D eigenvalue weighted by atomic mass is 10.2. The summed E-state index contributed by atoms with van der Waals surface area (Å²) in [5, 5.41) is 0.439. The van der Waals surface area contributed by atoms with E-state index in [-0.39, 0.29) is 5.82 Å². The van der Waals surface area contributed by atoms with E-state index in [0.717, 1.165) is 18.7 Å². The van der Waals surface area contributed by atoms with Crippen LogP contribution in [0.5, 0.6) is 0 Å². The molecule has 15 heavy (non-hydrogen) atoms. The fraction of sp³-hybridized carbons (Fsp3) is 0.455. The maximum atomic E-state index is 13.0. The van der Waals surface area contributed by atoms with Crippen LogP contribution in [0.1, 0.15) is 12.5 Å². The van der Waals surface area contributed by atoms with E-state index in [1.165, 1.54) is 12.1 Å². The molecule has 0 bridgehead atoms. The highest BCUT2D eigenvalue weighted by Crippen LogP contribution is 2.15. The van der Waals surface area contributed by atoms with Gasteiger partial charge in [0.05, 0.1) is 0 Å². The van der Waals surface area contributed by atoms with Crippen LogP contribution < -0.4 is 5.73 Å². The fourth-order valence-corrected chi connectivity index (χ4v) is 1.74. The van der Waals surface area contributed by atoms with E-state index in [9.17, 15) is 4.39 Å². The summed E-state index contributed by atoms with van der Waals surface area (Å²) in [4.78, 5) is 2.14. The summed E-state index contributed by atoms with van der Waals surface area (Å²) in [5.41, 5.74) is 6.36.